The summed E-state index contributed by atoms with van der Waals surface area (Å²) in [6.45, 7) is 3.49. The van der Waals surface area contributed by atoms with E-state index in [1.54, 1.807) is 19.2 Å². The number of nitrogens with zero attached hydrogens (tertiary/aromatic N) is 1. The number of hydrogen-bond acceptors (Lipinski definition) is 4. The van der Waals surface area contributed by atoms with Crippen molar-refractivity contribution in [3.63, 3.8) is 0 Å². The number of carboxylic acid groups (broad SMARTS) is 1. The topological polar surface area (TPSA) is 88.4 Å². The molecule has 0 bridgehead atoms. The number of hydrogen-bond donors (Lipinski definition) is 2. The molecule has 2 aromatic rings. The minimum Gasteiger partial charge on any atom is -0.464 e. The molecule has 6 nitrogen and oxygen atoms in total. The maximum absolute atomic E-state index is 13.1. The monoisotopic (exact) mass is 444 g/mol. The Hall–Kier alpha value is -2.28. The molecular formula is C24H32N2O4S. The predicted octanol–water partition coefficient (Wildman–Crippen LogP) is 5.08. The Labute approximate surface area is 187 Å². The number of thioether (sulfide) groups is 1. The van der Waals surface area contributed by atoms with Crippen LogP contribution in [0.15, 0.2) is 30.5 Å². The van der Waals surface area contributed by atoms with Crippen LogP contribution in [0.1, 0.15) is 57.9 Å². The molecule has 1 unspecified atom stereocenters. The number of carbonyl (C=O) groups excluding carboxylic acids is 2. The van der Waals surface area contributed by atoms with E-state index in [4.69, 9.17) is 0 Å². The number of rotatable bonds is 8. The summed E-state index contributed by atoms with van der Waals surface area (Å²) in [6.07, 6.45) is 8.05. The number of carbonyl (C=O) groups is 3. The molecule has 1 aliphatic carbocycles. The molecule has 1 aliphatic rings. The molecule has 31 heavy (non-hydrogen) atoms. The van der Waals surface area contributed by atoms with E-state index in [1.807, 2.05) is 25.1 Å². The molecule has 2 N–H and O–H groups in total. The minimum absolute atomic E-state index is 0.00574. The Morgan fingerprint density at radius 3 is 2.58 bits per heavy atom. The van der Waals surface area contributed by atoms with Crippen LogP contribution in [0.4, 0.5) is 4.79 Å². The maximum Gasteiger partial charge on any atom is 0.416 e. The lowest BCUT2D eigenvalue weighted by Gasteiger charge is -2.26. The Kier molecular flexibility index (Phi) is 8.18. The smallest absolute Gasteiger partial charge is 0.416 e. The number of fused-ring (bicyclic) bond motifs is 1. The van der Waals surface area contributed by atoms with E-state index in [1.165, 1.54) is 48.4 Å². The summed E-state index contributed by atoms with van der Waals surface area (Å²) >= 11 is 1.23. The second-order valence-corrected chi connectivity index (χ2v) is 9.87. The second-order valence-electron chi connectivity index (χ2n) is 8.68. The van der Waals surface area contributed by atoms with Crippen molar-refractivity contribution in [2.75, 3.05) is 5.75 Å². The largest absolute Gasteiger partial charge is 0.464 e. The first-order valence-corrected chi connectivity index (χ1v) is 12.1. The standard InChI is InChI=1S/C24H32N2O4S/c1-16(12-19-14-26(24(29)30)22-11-7-6-10-21(19)22)25-23(28)20(15-31-17(2)27)13-18-8-4-3-5-9-18/h6-7,10-11,14,16,18,20H,3-5,8-9,12-13,15H2,1-2H3,(H,25,28)(H,29,30)/t16-,20?/m1/s1. The summed E-state index contributed by atoms with van der Waals surface area (Å²) in [5.74, 6) is 0.886. The van der Waals surface area contributed by atoms with Crippen LogP contribution in [0.2, 0.25) is 0 Å². The zero-order valence-electron chi connectivity index (χ0n) is 18.3. The first-order chi connectivity index (χ1) is 14.8. The quantitative estimate of drug-likeness (QED) is 0.593. The van der Waals surface area contributed by atoms with E-state index in [-0.39, 0.29) is 23.0 Å². The minimum atomic E-state index is -1.02. The lowest BCUT2D eigenvalue weighted by Crippen LogP contribution is -2.40. The van der Waals surface area contributed by atoms with Crippen LogP contribution < -0.4 is 5.32 Å². The molecular weight excluding hydrogens is 412 g/mol. The van der Waals surface area contributed by atoms with Gasteiger partial charge < -0.3 is 10.4 Å². The highest BCUT2D eigenvalue weighted by Crippen LogP contribution is 2.31. The first kappa shape index (κ1) is 23.4. The van der Waals surface area contributed by atoms with Crippen molar-refractivity contribution in [3.8, 4) is 0 Å². The molecule has 0 saturated heterocycles. The van der Waals surface area contributed by atoms with Crippen molar-refractivity contribution >= 4 is 39.8 Å². The van der Waals surface area contributed by atoms with Crippen molar-refractivity contribution in [1.29, 1.82) is 0 Å². The third-order valence-corrected chi connectivity index (χ3v) is 7.09. The van der Waals surface area contributed by atoms with Gasteiger partial charge in [0.2, 0.25) is 5.91 Å². The van der Waals surface area contributed by atoms with Crippen molar-refractivity contribution < 1.29 is 19.5 Å². The van der Waals surface area contributed by atoms with Gasteiger partial charge in [-0.3, -0.25) is 14.2 Å². The average molecular weight is 445 g/mol. The molecule has 1 aromatic carbocycles. The lowest BCUT2D eigenvalue weighted by atomic mass is 9.83. The van der Waals surface area contributed by atoms with Crippen LogP contribution in [-0.4, -0.2) is 38.6 Å². The number of amides is 1. The molecule has 1 aromatic heterocycles. The summed E-state index contributed by atoms with van der Waals surface area (Å²) in [4.78, 5) is 36.1. The fraction of sp³-hybridized carbons (Fsp3) is 0.542. The van der Waals surface area contributed by atoms with E-state index in [2.05, 4.69) is 5.32 Å². The molecule has 0 aliphatic heterocycles. The SMILES string of the molecule is CC(=O)SCC(CC1CCCCC1)C(=O)N[C@H](C)Cc1cn(C(=O)O)c2ccccc12. The first-order valence-electron chi connectivity index (χ1n) is 11.1. The van der Waals surface area contributed by atoms with Gasteiger partial charge in [0.15, 0.2) is 5.12 Å². The van der Waals surface area contributed by atoms with Crippen molar-refractivity contribution in [2.24, 2.45) is 11.8 Å². The van der Waals surface area contributed by atoms with E-state index in [0.717, 1.165) is 17.4 Å². The van der Waals surface area contributed by atoms with E-state index in [9.17, 15) is 19.5 Å². The number of benzene rings is 1. The summed E-state index contributed by atoms with van der Waals surface area (Å²) < 4.78 is 1.23. The Morgan fingerprint density at radius 2 is 1.90 bits per heavy atom. The van der Waals surface area contributed by atoms with Gasteiger partial charge >= 0.3 is 6.09 Å². The van der Waals surface area contributed by atoms with Crippen LogP contribution in [0.3, 0.4) is 0 Å². The van der Waals surface area contributed by atoms with Crippen molar-refractivity contribution in [3.05, 3.63) is 36.0 Å². The van der Waals surface area contributed by atoms with Crippen molar-refractivity contribution in [1.82, 2.24) is 9.88 Å². The van der Waals surface area contributed by atoms with E-state index >= 15 is 0 Å². The predicted molar refractivity (Wildman–Crippen MR) is 124 cm³/mol. The summed E-state index contributed by atoms with van der Waals surface area (Å²) in [7, 11) is 0. The van der Waals surface area contributed by atoms with Gasteiger partial charge in [0.1, 0.15) is 0 Å². The third kappa shape index (κ3) is 6.35. The van der Waals surface area contributed by atoms with Gasteiger partial charge in [-0.25, -0.2) is 4.79 Å². The van der Waals surface area contributed by atoms with E-state index < -0.39 is 6.09 Å². The normalized spacial score (nSPS) is 16.7. The van der Waals surface area contributed by atoms with E-state index in [0.29, 0.717) is 23.6 Å². The number of aromatic nitrogens is 1. The van der Waals surface area contributed by atoms with Gasteiger partial charge in [0.25, 0.3) is 0 Å². The molecule has 2 atom stereocenters. The summed E-state index contributed by atoms with van der Waals surface area (Å²) in [6, 6.07) is 7.26. The van der Waals surface area contributed by atoms with Gasteiger partial charge in [-0.2, -0.15) is 0 Å². The molecule has 0 spiro atoms. The summed E-state index contributed by atoms with van der Waals surface area (Å²) in [5, 5.41) is 13.5. The molecule has 1 fully saturated rings. The number of nitrogens with one attached hydrogen (secondary N) is 1. The Balaban J connectivity index is 1.67. The highest BCUT2D eigenvalue weighted by molar-refractivity contribution is 8.13. The third-order valence-electron chi connectivity index (χ3n) is 6.12. The van der Waals surface area contributed by atoms with Crippen LogP contribution in [0.5, 0.6) is 0 Å². The zero-order chi connectivity index (χ0) is 22.4. The average Bonchev–Trinajstić information content (AvgIpc) is 3.10. The fourth-order valence-corrected chi connectivity index (χ4v) is 5.33. The molecule has 168 valence electrons. The molecule has 1 amide bonds. The highest BCUT2D eigenvalue weighted by Gasteiger charge is 2.26. The van der Waals surface area contributed by atoms with Gasteiger partial charge in [-0.15, -0.1) is 0 Å². The molecule has 3 rings (SSSR count). The Morgan fingerprint density at radius 1 is 1.19 bits per heavy atom. The van der Waals surface area contributed by atoms with Crippen LogP contribution in [0, 0.1) is 11.8 Å². The zero-order valence-corrected chi connectivity index (χ0v) is 19.1. The van der Waals surface area contributed by atoms with Crippen molar-refractivity contribution in [2.45, 2.75) is 64.8 Å². The lowest BCUT2D eigenvalue weighted by molar-refractivity contribution is -0.125. The maximum atomic E-state index is 13.1. The Bertz CT molecular complexity index is 933. The van der Waals surface area contributed by atoms with Gasteiger partial charge in [-0.1, -0.05) is 62.1 Å². The molecule has 0 radical (unpaired) electrons. The van der Waals surface area contributed by atoms with Gasteiger partial charge in [0, 0.05) is 36.2 Å². The fourth-order valence-electron chi connectivity index (χ4n) is 4.61. The van der Waals surface area contributed by atoms with Gasteiger partial charge in [0.05, 0.1) is 5.52 Å². The highest BCUT2D eigenvalue weighted by atomic mass is 32.2. The second kappa shape index (κ2) is 10.8. The summed E-state index contributed by atoms with van der Waals surface area (Å²) in [5.41, 5.74) is 1.55. The van der Waals surface area contributed by atoms with Crippen LogP contribution in [0.25, 0.3) is 10.9 Å². The molecule has 7 heteroatoms. The number of para-hydroxylation sites is 1. The van der Waals surface area contributed by atoms with Crippen LogP contribution >= 0.6 is 11.8 Å². The van der Waals surface area contributed by atoms with Crippen LogP contribution in [-0.2, 0) is 16.0 Å². The van der Waals surface area contributed by atoms with Gasteiger partial charge in [-0.05, 0) is 37.3 Å². The molecule has 1 heterocycles. The molecule has 1 saturated carbocycles.